The summed E-state index contributed by atoms with van der Waals surface area (Å²) in [4.78, 5) is 23.7. The highest BCUT2D eigenvalue weighted by atomic mass is 16.5. The molecule has 0 bridgehead atoms. The van der Waals surface area contributed by atoms with Gasteiger partial charge in [-0.1, -0.05) is 43.3 Å². The lowest BCUT2D eigenvalue weighted by atomic mass is 9.99. The van der Waals surface area contributed by atoms with Crippen LogP contribution in [0.25, 0.3) is 0 Å². The summed E-state index contributed by atoms with van der Waals surface area (Å²) in [5.74, 6) is -1.45. The predicted molar refractivity (Wildman–Crippen MR) is 91.4 cm³/mol. The van der Waals surface area contributed by atoms with Crippen LogP contribution in [-0.2, 0) is 4.79 Å². The number of carboxylic acids is 1. The van der Waals surface area contributed by atoms with Crippen molar-refractivity contribution in [2.75, 3.05) is 13.2 Å². The van der Waals surface area contributed by atoms with E-state index in [1.54, 1.807) is 48.5 Å². The Morgan fingerprint density at radius 1 is 1.12 bits per heavy atom. The molecule has 24 heavy (non-hydrogen) atoms. The largest absolute Gasteiger partial charge is 0.494 e. The minimum Gasteiger partial charge on any atom is -0.494 e. The maximum absolute atomic E-state index is 12.3. The van der Waals surface area contributed by atoms with Crippen LogP contribution in [0.2, 0.25) is 0 Å². The average molecular weight is 327 g/mol. The standard InChI is InChI=1S/C19H21NO4/c1-2-11-24-16-10-6-9-15(12-16)18(21)20-13-17(19(22)23)14-7-4-3-5-8-14/h3-10,12,17H,2,11,13H2,1H3,(H,20,21)(H,22,23). The summed E-state index contributed by atoms with van der Waals surface area (Å²) in [7, 11) is 0. The molecule has 0 spiro atoms. The van der Waals surface area contributed by atoms with Crippen LogP contribution >= 0.6 is 0 Å². The van der Waals surface area contributed by atoms with Gasteiger partial charge in [-0.05, 0) is 30.2 Å². The maximum atomic E-state index is 12.3. The van der Waals surface area contributed by atoms with Crippen molar-refractivity contribution >= 4 is 11.9 Å². The first kappa shape index (κ1) is 17.5. The number of hydrogen-bond donors (Lipinski definition) is 2. The first-order chi connectivity index (χ1) is 11.6. The summed E-state index contributed by atoms with van der Waals surface area (Å²) in [5.41, 5.74) is 1.10. The number of amides is 1. The normalized spacial score (nSPS) is 11.5. The van der Waals surface area contributed by atoms with E-state index >= 15 is 0 Å². The van der Waals surface area contributed by atoms with Gasteiger partial charge in [0.2, 0.25) is 0 Å². The molecule has 5 heteroatoms. The van der Waals surface area contributed by atoms with Crippen LogP contribution in [0.4, 0.5) is 0 Å². The molecule has 1 atom stereocenters. The van der Waals surface area contributed by atoms with Gasteiger partial charge in [-0.2, -0.15) is 0 Å². The van der Waals surface area contributed by atoms with Crippen LogP contribution in [0.5, 0.6) is 5.75 Å². The lowest BCUT2D eigenvalue weighted by Gasteiger charge is -2.14. The van der Waals surface area contributed by atoms with Crippen LogP contribution < -0.4 is 10.1 Å². The number of carbonyl (C=O) groups excluding carboxylic acids is 1. The Morgan fingerprint density at radius 2 is 1.88 bits per heavy atom. The lowest BCUT2D eigenvalue weighted by Crippen LogP contribution is -2.31. The molecular formula is C19H21NO4. The topological polar surface area (TPSA) is 75.6 Å². The molecule has 1 amide bonds. The van der Waals surface area contributed by atoms with Gasteiger partial charge < -0.3 is 15.2 Å². The summed E-state index contributed by atoms with van der Waals surface area (Å²) >= 11 is 0. The van der Waals surface area contributed by atoms with E-state index in [-0.39, 0.29) is 12.5 Å². The molecule has 0 aliphatic heterocycles. The van der Waals surface area contributed by atoms with Crippen LogP contribution in [0.15, 0.2) is 54.6 Å². The molecule has 0 fully saturated rings. The van der Waals surface area contributed by atoms with Gasteiger partial charge in [-0.15, -0.1) is 0 Å². The van der Waals surface area contributed by atoms with Crippen molar-refractivity contribution in [2.45, 2.75) is 19.3 Å². The molecule has 0 saturated carbocycles. The van der Waals surface area contributed by atoms with E-state index in [4.69, 9.17) is 4.74 Å². The van der Waals surface area contributed by atoms with E-state index in [9.17, 15) is 14.7 Å². The summed E-state index contributed by atoms with van der Waals surface area (Å²) in [6.07, 6.45) is 0.883. The molecule has 126 valence electrons. The van der Waals surface area contributed by atoms with E-state index < -0.39 is 11.9 Å². The highest BCUT2D eigenvalue weighted by molar-refractivity contribution is 5.95. The molecule has 2 N–H and O–H groups in total. The number of ether oxygens (including phenoxy) is 1. The molecule has 2 aromatic rings. The van der Waals surface area contributed by atoms with E-state index in [0.29, 0.717) is 23.5 Å². The fourth-order valence-electron chi connectivity index (χ4n) is 2.28. The second-order valence-electron chi connectivity index (χ2n) is 5.39. The van der Waals surface area contributed by atoms with Crippen molar-refractivity contribution < 1.29 is 19.4 Å². The van der Waals surface area contributed by atoms with E-state index in [2.05, 4.69) is 5.32 Å². The average Bonchev–Trinajstić information content (AvgIpc) is 2.61. The molecule has 0 radical (unpaired) electrons. The zero-order valence-electron chi connectivity index (χ0n) is 13.6. The molecule has 0 saturated heterocycles. The molecule has 1 unspecified atom stereocenters. The van der Waals surface area contributed by atoms with E-state index in [0.717, 1.165) is 6.42 Å². The lowest BCUT2D eigenvalue weighted by molar-refractivity contribution is -0.138. The Kier molecular flexibility index (Phi) is 6.37. The molecule has 5 nitrogen and oxygen atoms in total. The Bertz CT molecular complexity index is 685. The highest BCUT2D eigenvalue weighted by Gasteiger charge is 2.20. The Hall–Kier alpha value is -2.82. The summed E-state index contributed by atoms with van der Waals surface area (Å²) in [6, 6.07) is 15.7. The Morgan fingerprint density at radius 3 is 2.54 bits per heavy atom. The third kappa shape index (κ3) is 4.84. The van der Waals surface area contributed by atoms with Crippen LogP contribution in [0, 0.1) is 0 Å². The van der Waals surface area contributed by atoms with E-state index in [1.807, 2.05) is 13.0 Å². The SMILES string of the molecule is CCCOc1cccc(C(=O)NCC(C(=O)O)c2ccccc2)c1. The van der Waals surface area contributed by atoms with Gasteiger partial charge in [0.1, 0.15) is 5.75 Å². The summed E-state index contributed by atoms with van der Waals surface area (Å²) in [6.45, 7) is 2.62. The smallest absolute Gasteiger partial charge is 0.312 e. The monoisotopic (exact) mass is 327 g/mol. The molecule has 0 aliphatic carbocycles. The van der Waals surface area contributed by atoms with Gasteiger partial charge in [-0.3, -0.25) is 9.59 Å². The zero-order chi connectivity index (χ0) is 17.4. The molecule has 0 aromatic heterocycles. The Labute approximate surface area is 141 Å². The number of rotatable bonds is 8. The van der Waals surface area contributed by atoms with Gasteiger partial charge in [0.15, 0.2) is 0 Å². The molecule has 0 heterocycles. The fourth-order valence-corrected chi connectivity index (χ4v) is 2.28. The summed E-state index contributed by atoms with van der Waals surface area (Å²) in [5, 5.41) is 12.1. The first-order valence-electron chi connectivity index (χ1n) is 7.90. The molecular weight excluding hydrogens is 306 g/mol. The van der Waals surface area contributed by atoms with Crippen LogP contribution in [0.1, 0.15) is 35.2 Å². The number of hydrogen-bond acceptors (Lipinski definition) is 3. The maximum Gasteiger partial charge on any atom is 0.312 e. The third-order valence-electron chi connectivity index (χ3n) is 3.54. The molecule has 0 aliphatic rings. The minimum atomic E-state index is -0.971. The molecule has 2 rings (SSSR count). The van der Waals surface area contributed by atoms with Gasteiger partial charge in [0.05, 0.1) is 12.5 Å². The number of nitrogens with one attached hydrogen (secondary N) is 1. The van der Waals surface area contributed by atoms with Crippen LogP contribution in [0.3, 0.4) is 0 Å². The Balaban J connectivity index is 2.02. The van der Waals surface area contributed by atoms with Crippen LogP contribution in [-0.4, -0.2) is 30.1 Å². The first-order valence-corrected chi connectivity index (χ1v) is 7.90. The van der Waals surface area contributed by atoms with E-state index in [1.165, 1.54) is 0 Å². The third-order valence-corrected chi connectivity index (χ3v) is 3.54. The second-order valence-corrected chi connectivity index (χ2v) is 5.39. The number of carbonyl (C=O) groups is 2. The van der Waals surface area contributed by atoms with Gasteiger partial charge in [0, 0.05) is 12.1 Å². The van der Waals surface area contributed by atoms with Crippen molar-refractivity contribution in [1.29, 1.82) is 0 Å². The van der Waals surface area contributed by atoms with Crippen molar-refractivity contribution in [2.24, 2.45) is 0 Å². The quantitative estimate of drug-likeness (QED) is 0.781. The van der Waals surface area contributed by atoms with Gasteiger partial charge in [-0.25, -0.2) is 0 Å². The van der Waals surface area contributed by atoms with Gasteiger partial charge in [0.25, 0.3) is 5.91 Å². The molecule has 2 aromatic carbocycles. The summed E-state index contributed by atoms with van der Waals surface area (Å²) < 4.78 is 5.51. The van der Waals surface area contributed by atoms with Crippen molar-refractivity contribution in [1.82, 2.24) is 5.32 Å². The second kappa shape index (κ2) is 8.72. The number of carboxylic acid groups (broad SMARTS) is 1. The highest BCUT2D eigenvalue weighted by Crippen LogP contribution is 2.16. The number of aliphatic carboxylic acids is 1. The van der Waals surface area contributed by atoms with Crippen molar-refractivity contribution in [3.63, 3.8) is 0 Å². The zero-order valence-corrected chi connectivity index (χ0v) is 13.6. The fraction of sp³-hybridized carbons (Fsp3) is 0.263. The predicted octanol–water partition coefficient (Wildman–Crippen LogP) is 3.07. The minimum absolute atomic E-state index is 0.0260. The van der Waals surface area contributed by atoms with Crippen molar-refractivity contribution in [3.8, 4) is 5.75 Å². The van der Waals surface area contributed by atoms with Gasteiger partial charge >= 0.3 is 5.97 Å². The van der Waals surface area contributed by atoms with Crippen molar-refractivity contribution in [3.05, 3.63) is 65.7 Å². The number of benzene rings is 2.